The van der Waals surface area contributed by atoms with Gasteiger partial charge in [-0.05, 0) is 30.9 Å². The molecule has 0 aliphatic rings. The van der Waals surface area contributed by atoms with Gasteiger partial charge in [0.05, 0.1) is 6.67 Å². The summed E-state index contributed by atoms with van der Waals surface area (Å²) in [6.45, 7) is -0.234. The molecule has 0 amide bonds. The van der Waals surface area contributed by atoms with Gasteiger partial charge in [0.1, 0.15) is 0 Å². The molecule has 0 fully saturated rings. The smallest absolute Gasteiger partial charge is 0.0894 e. The third kappa shape index (κ3) is 3.24. The van der Waals surface area contributed by atoms with Gasteiger partial charge in [0.2, 0.25) is 0 Å². The van der Waals surface area contributed by atoms with Crippen molar-refractivity contribution in [3.63, 3.8) is 0 Å². The molecule has 0 atom stereocenters. The van der Waals surface area contributed by atoms with Crippen molar-refractivity contribution in [1.82, 2.24) is 0 Å². The lowest BCUT2D eigenvalue weighted by Crippen LogP contribution is -1.89. The monoisotopic (exact) mass is 216 g/mol. The number of thiol groups is 2. The highest BCUT2D eigenvalue weighted by molar-refractivity contribution is 7.83. The number of hydrogen-bond acceptors (Lipinski definition) is 2. The van der Waals surface area contributed by atoms with Gasteiger partial charge in [0, 0.05) is 9.79 Å². The fraction of sp³-hybridized carbons (Fsp3) is 0.400. The molecule has 1 aromatic carbocycles. The predicted molar refractivity (Wildman–Crippen MR) is 59.9 cm³/mol. The van der Waals surface area contributed by atoms with E-state index < -0.39 is 0 Å². The number of benzene rings is 1. The molecule has 0 saturated carbocycles. The maximum Gasteiger partial charge on any atom is 0.0894 e. The topological polar surface area (TPSA) is 0 Å². The van der Waals surface area contributed by atoms with Crippen molar-refractivity contribution in [3.05, 3.63) is 23.8 Å². The van der Waals surface area contributed by atoms with E-state index in [2.05, 4.69) is 25.3 Å². The Hall–Kier alpha value is -0.150. The van der Waals surface area contributed by atoms with Gasteiger partial charge < -0.3 is 0 Å². The lowest BCUT2D eigenvalue weighted by molar-refractivity contribution is 0.461. The second-order valence-electron chi connectivity index (χ2n) is 2.93. The lowest BCUT2D eigenvalue weighted by Gasteiger charge is -2.05. The Kier molecular flexibility index (Phi) is 4.67. The van der Waals surface area contributed by atoms with E-state index in [0.29, 0.717) is 6.42 Å². The highest BCUT2D eigenvalue weighted by atomic mass is 32.1. The minimum atomic E-state index is -0.234. The summed E-state index contributed by atoms with van der Waals surface area (Å²) in [5.74, 6) is 0. The summed E-state index contributed by atoms with van der Waals surface area (Å²) >= 11 is 8.61. The van der Waals surface area contributed by atoms with Crippen molar-refractivity contribution < 1.29 is 4.39 Å². The molecule has 1 rings (SSSR count). The van der Waals surface area contributed by atoms with E-state index in [1.54, 1.807) is 0 Å². The SMILES string of the molecule is FCCCCc1cccc(S)c1S. The first-order chi connectivity index (χ1) is 6.25. The van der Waals surface area contributed by atoms with E-state index in [1.807, 2.05) is 18.2 Å². The van der Waals surface area contributed by atoms with E-state index in [9.17, 15) is 4.39 Å². The Morgan fingerprint density at radius 2 is 1.92 bits per heavy atom. The molecule has 0 unspecified atom stereocenters. The average Bonchev–Trinajstić information content (AvgIpc) is 2.13. The maximum atomic E-state index is 11.8. The Labute approximate surface area is 89.4 Å². The van der Waals surface area contributed by atoms with E-state index in [4.69, 9.17) is 0 Å². The van der Waals surface area contributed by atoms with Crippen LogP contribution in [0.1, 0.15) is 18.4 Å². The van der Waals surface area contributed by atoms with Crippen LogP contribution in [0.3, 0.4) is 0 Å². The van der Waals surface area contributed by atoms with Crippen LogP contribution in [0.15, 0.2) is 28.0 Å². The van der Waals surface area contributed by atoms with Crippen molar-refractivity contribution in [1.29, 1.82) is 0 Å². The van der Waals surface area contributed by atoms with Gasteiger partial charge in [-0.15, -0.1) is 25.3 Å². The summed E-state index contributed by atoms with van der Waals surface area (Å²) in [5.41, 5.74) is 1.16. The third-order valence-corrected chi connectivity index (χ3v) is 3.01. The zero-order valence-electron chi connectivity index (χ0n) is 7.33. The van der Waals surface area contributed by atoms with Crippen LogP contribution < -0.4 is 0 Å². The fourth-order valence-electron chi connectivity index (χ4n) is 1.19. The Morgan fingerprint density at radius 3 is 2.62 bits per heavy atom. The lowest BCUT2D eigenvalue weighted by atomic mass is 10.1. The first-order valence-electron chi connectivity index (χ1n) is 4.31. The molecule has 0 aromatic heterocycles. The Morgan fingerprint density at radius 1 is 1.15 bits per heavy atom. The molecular weight excluding hydrogens is 203 g/mol. The van der Waals surface area contributed by atoms with Crippen LogP contribution in [0.2, 0.25) is 0 Å². The van der Waals surface area contributed by atoms with Gasteiger partial charge in [-0.3, -0.25) is 4.39 Å². The second-order valence-corrected chi connectivity index (χ2v) is 3.86. The van der Waals surface area contributed by atoms with Crippen molar-refractivity contribution >= 4 is 25.3 Å². The molecule has 0 radical (unpaired) electrons. The zero-order chi connectivity index (χ0) is 9.68. The van der Waals surface area contributed by atoms with Gasteiger partial charge >= 0.3 is 0 Å². The minimum Gasteiger partial charge on any atom is -0.251 e. The summed E-state index contributed by atoms with van der Waals surface area (Å²) < 4.78 is 11.8. The molecule has 13 heavy (non-hydrogen) atoms. The van der Waals surface area contributed by atoms with Crippen molar-refractivity contribution in [2.24, 2.45) is 0 Å². The van der Waals surface area contributed by atoms with Crippen molar-refractivity contribution in [2.45, 2.75) is 29.1 Å². The average molecular weight is 216 g/mol. The maximum absolute atomic E-state index is 11.8. The van der Waals surface area contributed by atoms with E-state index in [1.165, 1.54) is 0 Å². The quantitative estimate of drug-likeness (QED) is 0.558. The normalized spacial score (nSPS) is 10.4. The highest BCUT2D eigenvalue weighted by Crippen LogP contribution is 2.23. The van der Waals surface area contributed by atoms with Gasteiger partial charge in [-0.1, -0.05) is 12.1 Å². The summed E-state index contributed by atoms with van der Waals surface area (Å²) in [6, 6.07) is 5.87. The first kappa shape index (κ1) is 10.9. The van der Waals surface area contributed by atoms with Gasteiger partial charge in [0.15, 0.2) is 0 Å². The minimum absolute atomic E-state index is 0.234. The first-order valence-corrected chi connectivity index (χ1v) is 5.21. The van der Waals surface area contributed by atoms with Crippen molar-refractivity contribution in [3.8, 4) is 0 Å². The van der Waals surface area contributed by atoms with E-state index >= 15 is 0 Å². The van der Waals surface area contributed by atoms with Crippen LogP contribution in [-0.2, 0) is 6.42 Å². The number of aryl methyl sites for hydroxylation is 1. The molecule has 72 valence electrons. The van der Waals surface area contributed by atoms with Gasteiger partial charge in [0.25, 0.3) is 0 Å². The van der Waals surface area contributed by atoms with Crippen LogP contribution in [0.5, 0.6) is 0 Å². The number of unbranched alkanes of at least 4 members (excludes halogenated alkanes) is 1. The molecule has 0 saturated heterocycles. The summed E-state index contributed by atoms with van der Waals surface area (Å²) in [6.07, 6.45) is 2.39. The molecule has 0 bridgehead atoms. The standard InChI is InChI=1S/C10H13FS2/c11-7-2-1-4-8-5-3-6-9(12)10(8)13/h3,5-6,12-13H,1-2,4,7H2. The Bertz CT molecular complexity index is 274. The van der Waals surface area contributed by atoms with E-state index in [0.717, 1.165) is 28.2 Å². The number of rotatable bonds is 4. The van der Waals surface area contributed by atoms with Crippen molar-refractivity contribution in [2.75, 3.05) is 6.67 Å². The third-order valence-electron chi connectivity index (χ3n) is 1.93. The summed E-state index contributed by atoms with van der Waals surface area (Å²) in [5, 5.41) is 0. The molecule has 3 heteroatoms. The number of halogens is 1. The number of hydrogen-bond donors (Lipinski definition) is 2. The largest absolute Gasteiger partial charge is 0.251 e. The van der Waals surface area contributed by atoms with Gasteiger partial charge in [-0.25, -0.2) is 0 Å². The molecule has 0 nitrogen and oxygen atoms in total. The summed E-state index contributed by atoms with van der Waals surface area (Å²) in [4.78, 5) is 1.81. The van der Waals surface area contributed by atoms with Gasteiger partial charge in [-0.2, -0.15) is 0 Å². The van der Waals surface area contributed by atoms with Crippen LogP contribution in [-0.4, -0.2) is 6.67 Å². The number of alkyl halides is 1. The zero-order valence-corrected chi connectivity index (χ0v) is 9.12. The van der Waals surface area contributed by atoms with Crippen LogP contribution in [0.25, 0.3) is 0 Å². The summed E-state index contributed by atoms with van der Waals surface area (Å²) in [7, 11) is 0. The molecule has 0 spiro atoms. The predicted octanol–water partition coefficient (Wildman–Crippen LogP) is 3.56. The Balaban J connectivity index is 2.61. The molecule has 0 N–H and O–H groups in total. The molecule has 1 aromatic rings. The molecule has 0 aliphatic carbocycles. The molecular formula is C10H13FS2. The van der Waals surface area contributed by atoms with Crippen LogP contribution in [0.4, 0.5) is 4.39 Å². The van der Waals surface area contributed by atoms with Crippen LogP contribution in [0, 0.1) is 0 Å². The highest BCUT2D eigenvalue weighted by Gasteiger charge is 2.01. The van der Waals surface area contributed by atoms with Crippen LogP contribution >= 0.6 is 25.3 Å². The van der Waals surface area contributed by atoms with E-state index in [-0.39, 0.29) is 6.67 Å². The molecule has 0 aliphatic heterocycles. The molecule has 0 heterocycles. The fourth-order valence-corrected chi connectivity index (χ4v) is 1.68. The second kappa shape index (κ2) is 5.55.